The fraction of sp³-hybridized carbons (Fsp3) is 0.0500. The van der Waals surface area contributed by atoms with Crippen molar-refractivity contribution < 1.29 is 4.79 Å². The number of hydrogen-bond acceptors (Lipinski definition) is 1. The monoisotopic (exact) mass is 270 g/mol. The first kappa shape index (κ1) is 12.1. The summed E-state index contributed by atoms with van der Waals surface area (Å²) in [7, 11) is 0. The van der Waals surface area contributed by atoms with Gasteiger partial charge in [0.1, 0.15) is 0 Å². The maximum absolute atomic E-state index is 12.6. The summed E-state index contributed by atoms with van der Waals surface area (Å²) in [5, 5.41) is 0. The molecule has 1 heteroatoms. The van der Waals surface area contributed by atoms with Crippen LogP contribution in [-0.4, -0.2) is 5.78 Å². The van der Waals surface area contributed by atoms with Crippen LogP contribution in [0.5, 0.6) is 0 Å². The van der Waals surface area contributed by atoms with E-state index in [-0.39, 0.29) is 5.78 Å². The summed E-state index contributed by atoms with van der Waals surface area (Å²) in [6.07, 6.45) is 0.831. The van der Waals surface area contributed by atoms with E-state index in [1.165, 1.54) is 11.1 Å². The average Bonchev–Trinajstić information content (AvgIpc) is 2.55. The summed E-state index contributed by atoms with van der Waals surface area (Å²) >= 11 is 0. The van der Waals surface area contributed by atoms with Crippen molar-refractivity contribution in [1.82, 2.24) is 0 Å². The Labute approximate surface area is 123 Å². The molecule has 1 aliphatic carbocycles. The molecule has 3 aromatic rings. The molecule has 0 saturated carbocycles. The highest BCUT2D eigenvalue weighted by atomic mass is 16.1. The summed E-state index contributed by atoms with van der Waals surface area (Å²) in [6.45, 7) is 0. The predicted octanol–water partition coefficient (Wildman–Crippen LogP) is 4.49. The van der Waals surface area contributed by atoms with Crippen molar-refractivity contribution in [1.29, 1.82) is 0 Å². The molecule has 0 heterocycles. The van der Waals surface area contributed by atoms with E-state index in [0.717, 1.165) is 28.7 Å². The molecular weight excluding hydrogens is 256 g/mol. The second-order valence-corrected chi connectivity index (χ2v) is 5.40. The van der Waals surface area contributed by atoms with Crippen molar-refractivity contribution in [2.75, 3.05) is 0 Å². The Bertz CT molecular complexity index is 831. The van der Waals surface area contributed by atoms with Crippen LogP contribution < -0.4 is 0 Å². The van der Waals surface area contributed by atoms with Gasteiger partial charge in [0.25, 0.3) is 0 Å². The third kappa shape index (κ3) is 1.98. The quantitative estimate of drug-likeness (QED) is 0.498. The Balaban J connectivity index is 1.83. The van der Waals surface area contributed by atoms with Gasteiger partial charge in [-0.25, -0.2) is 0 Å². The summed E-state index contributed by atoms with van der Waals surface area (Å²) in [4.78, 5) is 12.6. The smallest absolute Gasteiger partial charge is 0.193 e. The van der Waals surface area contributed by atoms with Crippen LogP contribution in [0.25, 0.3) is 11.1 Å². The van der Waals surface area contributed by atoms with Gasteiger partial charge in [0, 0.05) is 11.1 Å². The van der Waals surface area contributed by atoms with Crippen LogP contribution in [0.1, 0.15) is 27.0 Å². The highest BCUT2D eigenvalue weighted by molar-refractivity contribution is 6.12. The number of carbonyl (C=O) groups excluding carboxylic acids is 1. The van der Waals surface area contributed by atoms with E-state index in [2.05, 4.69) is 18.2 Å². The maximum Gasteiger partial charge on any atom is 0.193 e. The van der Waals surface area contributed by atoms with E-state index in [1.807, 2.05) is 54.6 Å². The van der Waals surface area contributed by atoms with Crippen LogP contribution in [-0.2, 0) is 6.42 Å². The largest absolute Gasteiger partial charge is 0.289 e. The molecule has 1 aliphatic rings. The molecule has 0 spiro atoms. The minimum absolute atomic E-state index is 0.145. The fourth-order valence-corrected chi connectivity index (χ4v) is 3.02. The van der Waals surface area contributed by atoms with Gasteiger partial charge in [-0.15, -0.1) is 0 Å². The first-order valence-corrected chi connectivity index (χ1v) is 7.14. The average molecular weight is 270 g/mol. The Kier molecular flexibility index (Phi) is 2.71. The highest BCUT2D eigenvalue weighted by Gasteiger charge is 2.22. The lowest BCUT2D eigenvalue weighted by Crippen LogP contribution is -2.14. The molecule has 0 amide bonds. The van der Waals surface area contributed by atoms with E-state index in [0.29, 0.717) is 0 Å². The summed E-state index contributed by atoms with van der Waals surface area (Å²) < 4.78 is 0. The van der Waals surface area contributed by atoms with Gasteiger partial charge >= 0.3 is 0 Å². The van der Waals surface area contributed by atoms with Crippen molar-refractivity contribution in [3.05, 3.63) is 95.1 Å². The van der Waals surface area contributed by atoms with Crippen molar-refractivity contribution in [2.45, 2.75) is 6.42 Å². The Morgan fingerprint density at radius 2 is 1.33 bits per heavy atom. The van der Waals surface area contributed by atoms with E-state index < -0.39 is 0 Å². The van der Waals surface area contributed by atoms with Crippen LogP contribution in [0.4, 0.5) is 0 Å². The second-order valence-electron chi connectivity index (χ2n) is 5.40. The molecule has 0 N–H and O–H groups in total. The maximum atomic E-state index is 12.6. The molecule has 100 valence electrons. The van der Waals surface area contributed by atoms with Gasteiger partial charge in [0.05, 0.1) is 0 Å². The van der Waals surface area contributed by atoms with Gasteiger partial charge in [-0.2, -0.15) is 0 Å². The first-order valence-electron chi connectivity index (χ1n) is 7.14. The summed E-state index contributed by atoms with van der Waals surface area (Å²) in [6, 6.07) is 24.3. The van der Waals surface area contributed by atoms with Gasteiger partial charge in [0.15, 0.2) is 5.78 Å². The number of carbonyl (C=O) groups is 1. The molecule has 0 unspecified atom stereocenters. The third-order valence-corrected chi connectivity index (χ3v) is 4.10. The van der Waals surface area contributed by atoms with Crippen LogP contribution in [0.3, 0.4) is 0 Å². The highest BCUT2D eigenvalue weighted by Crippen LogP contribution is 2.30. The molecule has 0 radical (unpaired) electrons. The minimum atomic E-state index is 0.145. The zero-order valence-corrected chi connectivity index (χ0v) is 11.5. The Morgan fingerprint density at radius 1 is 0.619 bits per heavy atom. The van der Waals surface area contributed by atoms with Crippen molar-refractivity contribution in [3.8, 4) is 11.1 Å². The molecule has 0 saturated heterocycles. The topological polar surface area (TPSA) is 17.1 Å². The molecule has 3 aromatic carbocycles. The lowest BCUT2D eigenvalue weighted by atomic mass is 9.84. The van der Waals surface area contributed by atoms with Gasteiger partial charge in [0.2, 0.25) is 0 Å². The Hall–Kier alpha value is -2.67. The first-order chi connectivity index (χ1) is 10.3. The van der Waals surface area contributed by atoms with E-state index in [1.54, 1.807) is 0 Å². The van der Waals surface area contributed by atoms with Crippen LogP contribution in [0.2, 0.25) is 0 Å². The van der Waals surface area contributed by atoms with Crippen LogP contribution in [0.15, 0.2) is 72.8 Å². The van der Waals surface area contributed by atoms with E-state index in [4.69, 9.17) is 0 Å². The van der Waals surface area contributed by atoms with E-state index >= 15 is 0 Å². The lowest BCUT2D eigenvalue weighted by Gasteiger charge is -2.19. The predicted molar refractivity (Wildman–Crippen MR) is 84.6 cm³/mol. The molecule has 1 nitrogen and oxygen atoms in total. The van der Waals surface area contributed by atoms with Gasteiger partial charge < -0.3 is 0 Å². The molecular formula is C20H14O. The summed E-state index contributed by atoms with van der Waals surface area (Å²) in [5.41, 5.74) is 6.29. The van der Waals surface area contributed by atoms with E-state index in [9.17, 15) is 4.79 Å². The Morgan fingerprint density at radius 3 is 2.19 bits per heavy atom. The van der Waals surface area contributed by atoms with Crippen LogP contribution in [0, 0.1) is 0 Å². The molecule has 0 fully saturated rings. The molecule has 0 bridgehead atoms. The fourth-order valence-electron chi connectivity index (χ4n) is 3.02. The zero-order valence-electron chi connectivity index (χ0n) is 11.5. The van der Waals surface area contributed by atoms with Crippen molar-refractivity contribution in [2.24, 2.45) is 0 Å². The molecule has 21 heavy (non-hydrogen) atoms. The molecule has 0 aliphatic heterocycles. The van der Waals surface area contributed by atoms with Crippen molar-refractivity contribution in [3.63, 3.8) is 0 Å². The number of rotatable bonds is 1. The molecule has 0 aromatic heterocycles. The lowest BCUT2D eigenvalue weighted by molar-refractivity contribution is 0.103. The van der Waals surface area contributed by atoms with Gasteiger partial charge in [-0.05, 0) is 28.7 Å². The number of ketones is 1. The molecule has 4 rings (SSSR count). The standard InChI is InChI=1S/C20H14O/c21-20-18-9-5-4-8-16(18)13-17-12-15(10-11-19(17)20)14-6-2-1-3-7-14/h1-12H,13H2. The number of hydrogen-bond donors (Lipinski definition) is 0. The summed E-state index contributed by atoms with van der Waals surface area (Å²) in [5.74, 6) is 0.145. The second kappa shape index (κ2) is 4.71. The van der Waals surface area contributed by atoms with Gasteiger partial charge in [-0.1, -0.05) is 72.8 Å². The minimum Gasteiger partial charge on any atom is -0.289 e. The third-order valence-electron chi connectivity index (χ3n) is 4.10. The van der Waals surface area contributed by atoms with Crippen molar-refractivity contribution >= 4 is 5.78 Å². The number of fused-ring (bicyclic) bond motifs is 2. The van der Waals surface area contributed by atoms with Crippen LogP contribution >= 0.6 is 0 Å². The molecule has 0 atom stereocenters. The zero-order chi connectivity index (χ0) is 14.2. The van der Waals surface area contributed by atoms with Gasteiger partial charge in [-0.3, -0.25) is 4.79 Å². The normalized spacial score (nSPS) is 12.7. The SMILES string of the molecule is O=C1c2ccccc2Cc2cc(-c3ccccc3)ccc21. The number of benzene rings is 3.